The zero-order valence-electron chi connectivity index (χ0n) is 14.3. The number of fused-ring (bicyclic) bond motifs is 1. The summed E-state index contributed by atoms with van der Waals surface area (Å²) < 4.78 is 19.7. The summed E-state index contributed by atoms with van der Waals surface area (Å²) in [4.78, 5) is 0. The van der Waals surface area contributed by atoms with Crippen LogP contribution in [0.2, 0.25) is 5.02 Å². The molecule has 24 heavy (non-hydrogen) atoms. The molecule has 0 N–H and O–H groups in total. The second-order valence-electron chi connectivity index (χ2n) is 6.77. The van der Waals surface area contributed by atoms with Crippen molar-refractivity contribution in [2.75, 3.05) is 13.7 Å². The summed E-state index contributed by atoms with van der Waals surface area (Å²) in [5, 5.41) is 9.15. The Bertz CT molecular complexity index is 732. The van der Waals surface area contributed by atoms with Crippen LogP contribution >= 0.6 is 11.6 Å². The van der Waals surface area contributed by atoms with Gasteiger partial charge in [-0.25, -0.2) is 4.39 Å². The average molecular weight is 349 g/mol. The third kappa shape index (κ3) is 2.93. The maximum atomic E-state index is 14.2. The Morgan fingerprint density at radius 1 is 1.38 bits per heavy atom. The fourth-order valence-corrected chi connectivity index (χ4v) is 3.96. The summed E-state index contributed by atoms with van der Waals surface area (Å²) in [6, 6.07) is 6.63. The lowest BCUT2D eigenvalue weighted by Gasteiger charge is -2.37. The van der Waals surface area contributed by atoms with Crippen molar-refractivity contribution in [1.29, 1.82) is 0 Å². The molecule has 0 spiro atoms. The second kappa shape index (κ2) is 6.77. The Labute approximate surface area is 147 Å². The molecule has 0 saturated carbocycles. The van der Waals surface area contributed by atoms with Crippen LogP contribution in [0, 0.1) is 5.82 Å². The molecule has 0 saturated heterocycles. The molecule has 1 aromatic carbocycles. The van der Waals surface area contributed by atoms with Gasteiger partial charge in [0, 0.05) is 12.5 Å². The van der Waals surface area contributed by atoms with Crippen LogP contribution in [0.5, 0.6) is 0 Å². The standard InChI is InChI=1S/C19H22ClFN2O/c1-4-12-8-9-19(2,11-24-3)18-13(12)10-16(22-23-18)17-14(20)6-5-7-15(17)21/h5-7,10,12H,4,8-9,11H2,1-3H3/t12-,19+/m0/s1. The van der Waals surface area contributed by atoms with Gasteiger partial charge in [0.15, 0.2) is 0 Å². The minimum atomic E-state index is -0.375. The van der Waals surface area contributed by atoms with Crippen molar-refractivity contribution >= 4 is 11.6 Å². The van der Waals surface area contributed by atoms with Crippen LogP contribution in [-0.2, 0) is 10.2 Å². The van der Waals surface area contributed by atoms with Gasteiger partial charge in [-0.3, -0.25) is 0 Å². The van der Waals surface area contributed by atoms with E-state index in [0.29, 0.717) is 28.8 Å². The average Bonchev–Trinajstić information content (AvgIpc) is 2.55. The van der Waals surface area contributed by atoms with Gasteiger partial charge in [-0.05, 0) is 48.9 Å². The van der Waals surface area contributed by atoms with E-state index >= 15 is 0 Å². The molecule has 1 aromatic heterocycles. The van der Waals surface area contributed by atoms with E-state index in [9.17, 15) is 4.39 Å². The minimum absolute atomic E-state index is 0.152. The highest BCUT2D eigenvalue weighted by atomic mass is 35.5. The van der Waals surface area contributed by atoms with Gasteiger partial charge in [0.2, 0.25) is 0 Å². The van der Waals surface area contributed by atoms with E-state index in [0.717, 1.165) is 30.5 Å². The second-order valence-corrected chi connectivity index (χ2v) is 7.17. The third-order valence-corrected chi connectivity index (χ3v) is 5.37. The molecule has 0 amide bonds. The zero-order valence-corrected chi connectivity index (χ0v) is 15.0. The first-order valence-electron chi connectivity index (χ1n) is 8.31. The van der Waals surface area contributed by atoms with E-state index in [4.69, 9.17) is 16.3 Å². The number of ether oxygens (including phenoxy) is 1. The summed E-state index contributed by atoms with van der Waals surface area (Å²) in [5.41, 5.74) is 2.78. The largest absolute Gasteiger partial charge is 0.384 e. The normalized spacial score (nSPS) is 23.1. The Balaban J connectivity index is 2.15. The van der Waals surface area contributed by atoms with Crippen LogP contribution in [0.4, 0.5) is 4.39 Å². The lowest BCUT2D eigenvalue weighted by atomic mass is 9.70. The van der Waals surface area contributed by atoms with Gasteiger partial charge < -0.3 is 4.74 Å². The molecule has 1 aliphatic carbocycles. The summed E-state index contributed by atoms with van der Waals surface area (Å²) >= 11 is 6.20. The van der Waals surface area contributed by atoms with Crippen molar-refractivity contribution in [3.63, 3.8) is 0 Å². The van der Waals surface area contributed by atoms with Crippen molar-refractivity contribution in [2.24, 2.45) is 0 Å². The van der Waals surface area contributed by atoms with Gasteiger partial charge >= 0.3 is 0 Å². The highest BCUT2D eigenvalue weighted by Gasteiger charge is 2.38. The number of rotatable bonds is 4. The Kier molecular flexibility index (Phi) is 4.88. The number of aromatic nitrogens is 2. The quantitative estimate of drug-likeness (QED) is 0.768. The minimum Gasteiger partial charge on any atom is -0.384 e. The Morgan fingerprint density at radius 2 is 2.17 bits per heavy atom. The third-order valence-electron chi connectivity index (χ3n) is 5.05. The molecule has 0 fully saturated rings. The Morgan fingerprint density at radius 3 is 2.83 bits per heavy atom. The molecular formula is C19H22ClFN2O. The predicted molar refractivity (Wildman–Crippen MR) is 93.9 cm³/mol. The van der Waals surface area contributed by atoms with E-state index in [1.165, 1.54) is 6.07 Å². The fourth-order valence-electron chi connectivity index (χ4n) is 3.70. The van der Waals surface area contributed by atoms with E-state index in [1.54, 1.807) is 19.2 Å². The van der Waals surface area contributed by atoms with Gasteiger partial charge in [-0.2, -0.15) is 10.2 Å². The van der Waals surface area contributed by atoms with Crippen molar-refractivity contribution in [2.45, 2.75) is 44.4 Å². The van der Waals surface area contributed by atoms with Crippen LogP contribution in [0.1, 0.15) is 50.3 Å². The molecule has 0 bridgehead atoms. The van der Waals surface area contributed by atoms with Gasteiger partial charge in [-0.1, -0.05) is 31.5 Å². The van der Waals surface area contributed by atoms with Crippen molar-refractivity contribution in [3.8, 4) is 11.3 Å². The highest BCUT2D eigenvalue weighted by Crippen LogP contribution is 2.44. The summed E-state index contributed by atoms with van der Waals surface area (Å²) in [6.07, 6.45) is 3.10. The molecular weight excluding hydrogens is 327 g/mol. The molecule has 5 heteroatoms. The maximum Gasteiger partial charge on any atom is 0.134 e. The number of methoxy groups -OCH3 is 1. The fraction of sp³-hybridized carbons (Fsp3) is 0.474. The van der Waals surface area contributed by atoms with E-state index in [2.05, 4.69) is 24.0 Å². The lowest BCUT2D eigenvalue weighted by Crippen LogP contribution is -2.35. The predicted octanol–water partition coefficient (Wildman–Crippen LogP) is 5.13. The first kappa shape index (κ1) is 17.3. The zero-order chi connectivity index (χ0) is 17.3. The first-order chi connectivity index (χ1) is 11.5. The smallest absolute Gasteiger partial charge is 0.134 e. The molecule has 0 radical (unpaired) electrons. The topological polar surface area (TPSA) is 35.0 Å². The number of nitrogens with zero attached hydrogens (tertiary/aromatic N) is 2. The lowest BCUT2D eigenvalue weighted by molar-refractivity contribution is 0.121. The number of hydrogen-bond acceptors (Lipinski definition) is 3. The van der Waals surface area contributed by atoms with Gasteiger partial charge in [0.05, 0.1) is 28.6 Å². The maximum absolute atomic E-state index is 14.2. The van der Waals surface area contributed by atoms with Crippen LogP contribution in [0.15, 0.2) is 24.3 Å². The van der Waals surface area contributed by atoms with Crippen molar-refractivity contribution < 1.29 is 9.13 Å². The number of halogens is 2. The molecule has 3 nitrogen and oxygen atoms in total. The SMILES string of the molecule is CC[C@H]1CC[C@](C)(COC)c2nnc(-c3c(F)cccc3Cl)cc21. The van der Waals surface area contributed by atoms with Crippen molar-refractivity contribution in [1.82, 2.24) is 10.2 Å². The van der Waals surface area contributed by atoms with Crippen molar-refractivity contribution in [3.05, 3.63) is 46.4 Å². The molecule has 1 heterocycles. The molecule has 0 unspecified atom stereocenters. The van der Waals surface area contributed by atoms with Gasteiger partial charge in [-0.15, -0.1) is 0 Å². The molecule has 128 valence electrons. The Hall–Kier alpha value is -1.52. The highest BCUT2D eigenvalue weighted by molar-refractivity contribution is 6.33. The van der Waals surface area contributed by atoms with E-state index in [1.807, 2.05) is 6.07 Å². The van der Waals surface area contributed by atoms with E-state index < -0.39 is 0 Å². The number of benzene rings is 1. The van der Waals surface area contributed by atoms with Gasteiger partial charge in [0.25, 0.3) is 0 Å². The van der Waals surface area contributed by atoms with Crippen LogP contribution in [-0.4, -0.2) is 23.9 Å². The first-order valence-corrected chi connectivity index (χ1v) is 8.69. The molecule has 0 aliphatic heterocycles. The van der Waals surface area contributed by atoms with Gasteiger partial charge in [0.1, 0.15) is 5.82 Å². The number of hydrogen-bond donors (Lipinski definition) is 0. The molecule has 3 rings (SSSR count). The molecule has 2 aromatic rings. The van der Waals surface area contributed by atoms with E-state index in [-0.39, 0.29) is 11.2 Å². The van der Waals surface area contributed by atoms with Crippen LogP contribution in [0.3, 0.4) is 0 Å². The van der Waals surface area contributed by atoms with Crippen LogP contribution < -0.4 is 0 Å². The molecule has 2 atom stereocenters. The summed E-state index contributed by atoms with van der Waals surface area (Å²) in [6.45, 7) is 4.93. The van der Waals surface area contributed by atoms with Crippen LogP contribution in [0.25, 0.3) is 11.3 Å². The summed E-state index contributed by atoms with van der Waals surface area (Å²) in [5.74, 6) is 0.0324. The monoisotopic (exact) mass is 348 g/mol. The summed E-state index contributed by atoms with van der Waals surface area (Å²) in [7, 11) is 1.71. The molecule has 1 aliphatic rings.